The van der Waals surface area contributed by atoms with E-state index in [1.54, 1.807) is 32.2 Å². The second-order valence-corrected chi connectivity index (χ2v) is 6.13. The van der Waals surface area contributed by atoms with Gasteiger partial charge in [0.1, 0.15) is 12.1 Å². The Morgan fingerprint density at radius 3 is 2.60 bits per heavy atom. The fraction of sp³-hybridized carbons (Fsp3) is 0.278. The predicted molar refractivity (Wildman–Crippen MR) is 87.8 cm³/mol. The molecule has 7 heteroatoms. The summed E-state index contributed by atoms with van der Waals surface area (Å²) in [5, 5.41) is 4.16. The fourth-order valence-corrected chi connectivity index (χ4v) is 2.45. The van der Waals surface area contributed by atoms with Crippen LogP contribution in [-0.4, -0.2) is 20.5 Å². The van der Waals surface area contributed by atoms with Crippen LogP contribution in [0.25, 0.3) is 22.2 Å². The van der Waals surface area contributed by atoms with Gasteiger partial charge >= 0.3 is 6.18 Å². The second kappa shape index (κ2) is 6.31. The third-order valence-corrected chi connectivity index (χ3v) is 3.97. The van der Waals surface area contributed by atoms with Crippen molar-refractivity contribution < 1.29 is 18.0 Å². The Balaban J connectivity index is 2.02. The molecule has 0 bridgehead atoms. The molecule has 3 aromatic rings. The van der Waals surface area contributed by atoms with Crippen molar-refractivity contribution >= 4 is 16.8 Å². The van der Waals surface area contributed by atoms with Gasteiger partial charge in [-0.05, 0) is 23.8 Å². The lowest BCUT2D eigenvalue weighted by molar-refractivity contribution is -0.137. The van der Waals surface area contributed by atoms with Crippen LogP contribution < -0.4 is 0 Å². The summed E-state index contributed by atoms with van der Waals surface area (Å²) in [5.41, 5.74) is 1.44. The molecule has 2 aromatic heterocycles. The van der Waals surface area contributed by atoms with E-state index >= 15 is 0 Å². The first-order valence-electron chi connectivity index (χ1n) is 7.77. The number of carbonyl (C=O) groups excluding carboxylic acids is 1. The van der Waals surface area contributed by atoms with Gasteiger partial charge in [-0.2, -0.15) is 18.3 Å². The minimum atomic E-state index is -4.40. The van der Waals surface area contributed by atoms with Gasteiger partial charge < -0.3 is 0 Å². The number of halogens is 3. The van der Waals surface area contributed by atoms with Crippen LogP contribution in [0.5, 0.6) is 0 Å². The lowest BCUT2D eigenvalue weighted by Gasteiger charge is -2.09. The molecule has 0 saturated heterocycles. The number of benzene rings is 1. The van der Waals surface area contributed by atoms with Crippen molar-refractivity contribution in [3.63, 3.8) is 0 Å². The first-order valence-corrected chi connectivity index (χ1v) is 7.77. The lowest BCUT2D eigenvalue weighted by Crippen LogP contribution is -2.16. The van der Waals surface area contributed by atoms with Crippen LogP contribution in [0.4, 0.5) is 13.2 Å². The highest BCUT2D eigenvalue weighted by Crippen LogP contribution is 2.32. The molecule has 0 aliphatic rings. The summed E-state index contributed by atoms with van der Waals surface area (Å²) in [6.45, 7) is 3.72. The highest BCUT2D eigenvalue weighted by atomic mass is 19.4. The Morgan fingerprint density at radius 2 is 1.92 bits per heavy atom. The van der Waals surface area contributed by atoms with Crippen LogP contribution in [0.15, 0.2) is 42.7 Å². The molecular weight excluding hydrogens is 331 g/mol. The van der Waals surface area contributed by atoms with Crippen LogP contribution in [-0.2, 0) is 17.5 Å². The Labute approximate surface area is 142 Å². The number of carbonyl (C=O) groups is 1. The number of fused-ring (bicyclic) bond motifs is 1. The quantitative estimate of drug-likeness (QED) is 0.705. The number of nitrogens with zero attached hydrogens (tertiary/aromatic N) is 3. The van der Waals surface area contributed by atoms with Crippen molar-refractivity contribution in [2.24, 2.45) is 5.92 Å². The highest BCUT2D eigenvalue weighted by molar-refractivity contribution is 5.84. The molecule has 0 radical (unpaired) electrons. The van der Waals surface area contributed by atoms with Crippen molar-refractivity contribution in [3.8, 4) is 11.1 Å². The summed E-state index contributed by atoms with van der Waals surface area (Å²) in [7, 11) is 0. The van der Waals surface area contributed by atoms with Gasteiger partial charge in [0.15, 0.2) is 5.78 Å². The normalized spacial score (nSPS) is 12.1. The van der Waals surface area contributed by atoms with E-state index in [0.29, 0.717) is 22.2 Å². The van der Waals surface area contributed by atoms with Gasteiger partial charge in [-0.25, -0.2) is 0 Å². The molecule has 0 atom stereocenters. The first-order chi connectivity index (χ1) is 11.8. The zero-order valence-corrected chi connectivity index (χ0v) is 13.7. The number of hydrogen-bond donors (Lipinski definition) is 0. The van der Waals surface area contributed by atoms with Crippen LogP contribution >= 0.6 is 0 Å². The maximum Gasteiger partial charge on any atom is 0.416 e. The summed E-state index contributed by atoms with van der Waals surface area (Å²) in [6, 6.07) is 6.78. The Bertz CT molecular complexity index is 929. The smallest absolute Gasteiger partial charge is 0.297 e. The van der Waals surface area contributed by atoms with Gasteiger partial charge in [0.25, 0.3) is 0 Å². The minimum absolute atomic E-state index is 0.0227. The third kappa shape index (κ3) is 3.55. The molecule has 0 saturated carbocycles. The van der Waals surface area contributed by atoms with Crippen LogP contribution in [0.1, 0.15) is 19.4 Å². The molecule has 0 fully saturated rings. The van der Waals surface area contributed by atoms with Gasteiger partial charge in [-0.3, -0.25) is 14.5 Å². The van der Waals surface area contributed by atoms with Crippen molar-refractivity contribution in [2.45, 2.75) is 26.6 Å². The molecule has 0 unspecified atom stereocenters. The standard InChI is InChI=1S/C18H16F3N3O/c1-11(2)17(25)10-24-16-7-13(8-22-15(16)9-23-24)12-4-3-5-14(6-12)18(19,20)21/h3-9,11H,10H2,1-2H3. The predicted octanol–water partition coefficient (Wildman–Crippen LogP) is 4.34. The summed E-state index contributed by atoms with van der Waals surface area (Å²) < 4.78 is 40.2. The Morgan fingerprint density at radius 1 is 1.16 bits per heavy atom. The number of rotatable bonds is 4. The van der Waals surface area contributed by atoms with E-state index in [0.717, 1.165) is 12.1 Å². The number of Topliss-reactive ketones (excluding diaryl/α,β-unsaturated/α-hetero) is 1. The van der Waals surface area contributed by atoms with Gasteiger partial charge in [0.05, 0.1) is 17.3 Å². The Kier molecular flexibility index (Phi) is 4.32. The van der Waals surface area contributed by atoms with E-state index in [1.807, 2.05) is 0 Å². The van der Waals surface area contributed by atoms with Crippen molar-refractivity contribution in [1.29, 1.82) is 0 Å². The van der Waals surface area contributed by atoms with E-state index in [2.05, 4.69) is 10.1 Å². The summed E-state index contributed by atoms with van der Waals surface area (Å²) in [6.07, 6.45) is -1.36. The molecule has 0 N–H and O–H groups in total. The van der Waals surface area contributed by atoms with Gasteiger partial charge in [0.2, 0.25) is 0 Å². The second-order valence-electron chi connectivity index (χ2n) is 6.13. The van der Waals surface area contributed by atoms with E-state index in [-0.39, 0.29) is 18.2 Å². The summed E-state index contributed by atoms with van der Waals surface area (Å²) >= 11 is 0. The molecule has 3 rings (SSSR count). The topological polar surface area (TPSA) is 47.8 Å². The van der Waals surface area contributed by atoms with Crippen LogP contribution in [0.2, 0.25) is 0 Å². The molecule has 2 heterocycles. The van der Waals surface area contributed by atoms with Crippen LogP contribution in [0.3, 0.4) is 0 Å². The zero-order chi connectivity index (χ0) is 18.2. The molecule has 0 aliphatic carbocycles. The highest BCUT2D eigenvalue weighted by Gasteiger charge is 2.30. The largest absolute Gasteiger partial charge is 0.416 e. The SMILES string of the molecule is CC(C)C(=O)Cn1ncc2ncc(-c3cccc(C(F)(F)F)c3)cc21. The average Bonchev–Trinajstić information content (AvgIpc) is 2.96. The summed E-state index contributed by atoms with van der Waals surface area (Å²) in [5.74, 6) is -0.103. The first kappa shape index (κ1) is 17.1. The van der Waals surface area contributed by atoms with Gasteiger partial charge in [-0.15, -0.1) is 0 Å². The molecule has 0 aliphatic heterocycles. The van der Waals surface area contributed by atoms with Gasteiger partial charge in [0, 0.05) is 17.7 Å². The van der Waals surface area contributed by atoms with E-state index in [1.165, 1.54) is 16.9 Å². The third-order valence-electron chi connectivity index (χ3n) is 3.97. The molecule has 1 aromatic carbocycles. The molecule has 130 valence electrons. The molecule has 0 amide bonds. The average molecular weight is 347 g/mol. The number of alkyl halides is 3. The molecule has 25 heavy (non-hydrogen) atoms. The number of aromatic nitrogens is 3. The van der Waals surface area contributed by atoms with Crippen molar-refractivity contribution in [3.05, 3.63) is 48.3 Å². The molecular formula is C18H16F3N3O. The zero-order valence-electron chi connectivity index (χ0n) is 13.7. The number of hydrogen-bond acceptors (Lipinski definition) is 3. The van der Waals surface area contributed by atoms with Gasteiger partial charge in [-0.1, -0.05) is 26.0 Å². The van der Waals surface area contributed by atoms with Crippen LogP contribution in [0, 0.1) is 5.92 Å². The van der Waals surface area contributed by atoms with Crippen molar-refractivity contribution in [1.82, 2.24) is 14.8 Å². The maximum atomic E-state index is 12.9. The van der Waals surface area contributed by atoms with Crippen molar-refractivity contribution in [2.75, 3.05) is 0 Å². The minimum Gasteiger partial charge on any atom is -0.297 e. The molecule has 0 spiro atoms. The van der Waals surface area contributed by atoms with E-state index in [9.17, 15) is 18.0 Å². The lowest BCUT2D eigenvalue weighted by atomic mass is 10.0. The van der Waals surface area contributed by atoms with E-state index < -0.39 is 11.7 Å². The maximum absolute atomic E-state index is 12.9. The molecule has 4 nitrogen and oxygen atoms in total. The van der Waals surface area contributed by atoms with E-state index in [4.69, 9.17) is 0 Å². The number of pyridine rings is 1. The monoisotopic (exact) mass is 347 g/mol. The Hall–Kier alpha value is -2.70. The fourth-order valence-electron chi connectivity index (χ4n) is 2.45. The summed E-state index contributed by atoms with van der Waals surface area (Å²) in [4.78, 5) is 16.2. The number of ketones is 1.